The molecule has 2 aromatic heterocycles. The van der Waals surface area contributed by atoms with E-state index >= 15 is 0 Å². The van der Waals surface area contributed by atoms with Crippen molar-refractivity contribution in [3.05, 3.63) is 18.5 Å². The molecule has 2 heterocycles. The lowest BCUT2D eigenvalue weighted by Crippen LogP contribution is -2.29. The van der Waals surface area contributed by atoms with E-state index in [1.807, 2.05) is 17.8 Å². The fourth-order valence-corrected chi connectivity index (χ4v) is 3.43. The van der Waals surface area contributed by atoms with Crippen LogP contribution in [0.2, 0.25) is 0 Å². The van der Waals surface area contributed by atoms with Crippen LogP contribution in [0.15, 0.2) is 18.5 Å². The number of anilines is 2. The van der Waals surface area contributed by atoms with Gasteiger partial charge in [0.05, 0.1) is 0 Å². The molecule has 0 saturated heterocycles. The Morgan fingerprint density at radius 3 is 3.00 bits per heavy atom. The highest BCUT2D eigenvalue weighted by Gasteiger charge is 2.22. The van der Waals surface area contributed by atoms with Gasteiger partial charge in [0.15, 0.2) is 0 Å². The van der Waals surface area contributed by atoms with Crippen LogP contribution in [0.1, 0.15) is 25.7 Å². The number of nitrogen functional groups attached to an aromatic ring is 1. The number of nitrogens with one attached hydrogen (secondary N) is 1. The average molecular weight is 305 g/mol. The van der Waals surface area contributed by atoms with Crippen LogP contribution >= 0.6 is 11.8 Å². The minimum atomic E-state index is 0.204. The zero-order chi connectivity index (χ0) is 14.7. The first-order valence-electron chi connectivity index (χ1n) is 7.05. The number of hydrogen-bond acceptors (Lipinski definition) is 7. The van der Waals surface area contributed by atoms with Gasteiger partial charge in [0.1, 0.15) is 0 Å². The van der Waals surface area contributed by atoms with Gasteiger partial charge in [-0.05, 0) is 31.6 Å². The first-order valence-corrected chi connectivity index (χ1v) is 8.34. The van der Waals surface area contributed by atoms with Crippen LogP contribution in [0, 0.1) is 0 Å². The second kappa shape index (κ2) is 6.30. The molecular weight excluding hydrogens is 286 g/mol. The van der Waals surface area contributed by atoms with Crippen LogP contribution < -0.4 is 11.1 Å². The molecule has 0 aromatic carbocycles. The Labute approximate surface area is 127 Å². The summed E-state index contributed by atoms with van der Waals surface area (Å²) in [6.07, 6.45) is 10.4. The summed E-state index contributed by atoms with van der Waals surface area (Å²) in [7, 11) is 0. The van der Waals surface area contributed by atoms with Gasteiger partial charge < -0.3 is 11.1 Å². The first-order chi connectivity index (χ1) is 10.2. The highest BCUT2D eigenvalue weighted by molar-refractivity contribution is 7.99. The zero-order valence-electron chi connectivity index (χ0n) is 11.9. The van der Waals surface area contributed by atoms with E-state index in [1.165, 1.54) is 12.8 Å². The van der Waals surface area contributed by atoms with Gasteiger partial charge in [-0.1, -0.05) is 6.42 Å². The SMILES string of the molecule is CSC1CCCC(Nc2nc(N)nc(-n3cccn3)n2)C1. The van der Waals surface area contributed by atoms with Crippen molar-refractivity contribution in [3.63, 3.8) is 0 Å². The smallest absolute Gasteiger partial charge is 0.257 e. The van der Waals surface area contributed by atoms with Gasteiger partial charge in [-0.2, -0.15) is 31.8 Å². The van der Waals surface area contributed by atoms with Crippen molar-refractivity contribution in [2.45, 2.75) is 37.0 Å². The monoisotopic (exact) mass is 305 g/mol. The topological polar surface area (TPSA) is 94.5 Å². The van der Waals surface area contributed by atoms with Crippen molar-refractivity contribution in [1.82, 2.24) is 24.7 Å². The molecule has 1 aliphatic rings. The molecule has 1 aliphatic carbocycles. The van der Waals surface area contributed by atoms with Crippen LogP contribution in [-0.4, -0.2) is 42.3 Å². The maximum Gasteiger partial charge on any atom is 0.257 e. The highest BCUT2D eigenvalue weighted by atomic mass is 32.2. The minimum Gasteiger partial charge on any atom is -0.368 e. The van der Waals surface area contributed by atoms with Gasteiger partial charge >= 0.3 is 0 Å². The Balaban J connectivity index is 1.76. The summed E-state index contributed by atoms with van der Waals surface area (Å²) in [5.41, 5.74) is 5.78. The molecule has 0 bridgehead atoms. The van der Waals surface area contributed by atoms with Crippen molar-refractivity contribution < 1.29 is 0 Å². The lowest BCUT2D eigenvalue weighted by molar-refractivity contribution is 0.471. The van der Waals surface area contributed by atoms with E-state index in [2.05, 4.69) is 31.6 Å². The second-order valence-electron chi connectivity index (χ2n) is 5.13. The Hall–Kier alpha value is -1.83. The summed E-state index contributed by atoms with van der Waals surface area (Å²) in [6.45, 7) is 0. The number of aromatic nitrogens is 5. The molecule has 0 aliphatic heterocycles. The van der Waals surface area contributed by atoms with E-state index in [-0.39, 0.29) is 5.95 Å². The van der Waals surface area contributed by atoms with E-state index < -0.39 is 0 Å². The molecule has 3 rings (SSSR count). The molecule has 0 amide bonds. The Bertz CT molecular complexity index is 586. The fourth-order valence-electron chi connectivity index (χ4n) is 2.61. The molecule has 2 atom stereocenters. The normalized spacial score (nSPS) is 22.1. The van der Waals surface area contributed by atoms with Crippen molar-refractivity contribution in [2.24, 2.45) is 0 Å². The second-order valence-corrected chi connectivity index (χ2v) is 6.27. The van der Waals surface area contributed by atoms with Crippen LogP contribution in [0.3, 0.4) is 0 Å². The molecule has 2 unspecified atom stereocenters. The third-order valence-electron chi connectivity index (χ3n) is 3.64. The molecule has 112 valence electrons. The van der Waals surface area contributed by atoms with Gasteiger partial charge in [-0.25, -0.2) is 4.68 Å². The molecule has 0 spiro atoms. The molecule has 8 heteroatoms. The molecule has 2 aromatic rings. The molecule has 3 N–H and O–H groups in total. The molecule has 21 heavy (non-hydrogen) atoms. The number of rotatable bonds is 4. The predicted octanol–water partition coefficient (Wildman–Crippen LogP) is 1.73. The quantitative estimate of drug-likeness (QED) is 0.888. The molecule has 0 radical (unpaired) electrons. The van der Waals surface area contributed by atoms with Crippen molar-refractivity contribution in [3.8, 4) is 5.95 Å². The Kier molecular flexibility index (Phi) is 4.23. The maximum atomic E-state index is 5.78. The van der Waals surface area contributed by atoms with Gasteiger partial charge in [-0.15, -0.1) is 0 Å². The predicted molar refractivity (Wildman–Crippen MR) is 84.5 cm³/mol. The number of nitrogens with two attached hydrogens (primary N) is 1. The summed E-state index contributed by atoms with van der Waals surface area (Å²) >= 11 is 1.93. The summed E-state index contributed by atoms with van der Waals surface area (Å²) in [5, 5.41) is 8.22. The standard InChI is InChI=1S/C13H19N7S/c1-21-10-5-2-4-9(8-10)16-12-17-11(14)18-13(19-12)20-7-3-6-15-20/h3,6-7,9-10H,2,4-5,8H2,1H3,(H3,14,16,17,18,19). The summed E-state index contributed by atoms with van der Waals surface area (Å²) in [4.78, 5) is 12.7. The zero-order valence-corrected chi connectivity index (χ0v) is 12.8. The third kappa shape index (κ3) is 3.44. The minimum absolute atomic E-state index is 0.204. The molecule has 1 saturated carbocycles. The van der Waals surface area contributed by atoms with Crippen LogP contribution in [0.25, 0.3) is 5.95 Å². The largest absolute Gasteiger partial charge is 0.368 e. The highest BCUT2D eigenvalue weighted by Crippen LogP contribution is 2.28. The van der Waals surface area contributed by atoms with Crippen molar-refractivity contribution >= 4 is 23.7 Å². The molecule has 7 nitrogen and oxygen atoms in total. The van der Waals surface area contributed by atoms with E-state index in [0.717, 1.165) is 12.8 Å². The maximum absolute atomic E-state index is 5.78. The number of thioether (sulfide) groups is 1. The van der Waals surface area contributed by atoms with E-state index in [4.69, 9.17) is 5.73 Å². The van der Waals surface area contributed by atoms with E-state index in [0.29, 0.717) is 23.2 Å². The van der Waals surface area contributed by atoms with Gasteiger partial charge in [-0.3, -0.25) is 0 Å². The fraction of sp³-hybridized carbons (Fsp3) is 0.538. The van der Waals surface area contributed by atoms with E-state index in [1.54, 1.807) is 17.1 Å². The van der Waals surface area contributed by atoms with Gasteiger partial charge in [0, 0.05) is 23.7 Å². The van der Waals surface area contributed by atoms with Gasteiger partial charge in [0.2, 0.25) is 11.9 Å². The number of hydrogen-bond donors (Lipinski definition) is 2. The lowest BCUT2D eigenvalue weighted by atomic mass is 9.95. The van der Waals surface area contributed by atoms with Crippen LogP contribution in [0.4, 0.5) is 11.9 Å². The average Bonchev–Trinajstić information content (AvgIpc) is 3.01. The van der Waals surface area contributed by atoms with Gasteiger partial charge in [0.25, 0.3) is 5.95 Å². The summed E-state index contributed by atoms with van der Waals surface area (Å²) < 4.78 is 1.58. The molecular formula is C13H19N7S. The number of nitrogens with zero attached hydrogens (tertiary/aromatic N) is 5. The van der Waals surface area contributed by atoms with Crippen molar-refractivity contribution in [1.29, 1.82) is 0 Å². The first kappa shape index (κ1) is 14.1. The Morgan fingerprint density at radius 1 is 1.33 bits per heavy atom. The Morgan fingerprint density at radius 2 is 2.24 bits per heavy atom. The summed E-state index contributed by atoms with van der Waals surface area (Å²) in [6, 6.07) is 2.21. The van der Waals surface area contributed by atoms with Crippen LogP contribution in [-0.2, 0) is 0 Å². The molecule has 1 fully saturated rings. The third-order valence-corrected chi connectivity index (χ3v) is 4.74. The lowest BCUT2D eigenvalue weighted by Gasteiger charge is -2.28. The summed E-state index contributed by atoms with van der Waals surface area (Å²) in [5.74, 6) is 1.17. The van der Waals surface area contributed by atoms with Crippen molar-refractivity contribution in [2.75, 3.05) is 17.3 Å². The van der Waals surface area contributed by atoms with E-state index in [9.17, 15) is 0 Å². The van der Waals surface area contributed by atoms with Crippen LogP contribution in [0.5, 0.6) is 0 Å².